The molecule has 2 saturated heterocycles. The Morgan fingerprint density at radius 1 is 0.962 bits per heavy atom. The first kappa shape index (κ1) is 18.6. The fourth-order valence-corrected chi connectivity index (χ4v) is 5.34. The van der Waals surface area contributed by atoms with Crippen molar-refractivity contribution in [3.63, 3.8) is 0 Å². The molecule has 26 heavy (non-hydrogen) atoms. The molecule has 5 heteroatoms. The maximum Gasteiger partial charge on any atom is 0.230 e. The van der Waals surface area contributed by atoms with Crippen LogP contribution in [0.1, 0.15) is 62.0 Å². The second-order valence-electron chi connectivity index (χ2n) is 8.10. The SMILES string of the molecule is O=C(C1CCc2cc(Cl)c(Cl)cc21)N1CCCCC1CN1CCCCC1. The first-order valence-electron chi connectivity index (χ1n) is 10.1. The summed E-state index contributed by atoms with van der Waals surface area (Å²) in [5, 5.41) is 1.16. The summed E-state index contributed by atoms with van der Waals surface area (Å²) in [6.07, 6.45) is 9.28. The average molecular weight is 395 g/mol. The molecule has 3 aliphatic rings. The van der Waals surface area contributed by atoms with Gasteiger partial charge < -0.3 is 9.80 Å². The van der Waals surface area contributed by atoms with Gasteiger partial charge in [-0.2, -0.15) is 0 Å². The first-order valence-corrected chi connectivity index (χ1v) is 10.9. The Labute approximate surface area is 166 Å². The van der Waals surface area contributed by atoms with Gasteiger partial charge in [0, 0.05) is 19.1 Å². The number of piperidine rings is 2. The van der Waals surface area contributed by atoms with Gasteiger partial charge in [-0.1, -0.05) is 29.6 Å². The minimum absolute atomic E-state index is 0.0401. The molecule has 1 amide bonds. The van der Waals surface area contributed by atoms with Gasteiger partial charge in [-0.3, -0.25) is 4.79 Å². The van der Waals surface area contributed by atoms with Crippen LogP contribution in [-0.2, 0) is 11.2 Å². The molecule has 2 heterocycles. The molecule has 0 aromatic heterocycles. The number of likely N-dealkylation sites (tertiary alicyclic amines) is 2. The molecule has 142 valence electrons. The third kappa shape index (κ3) is 3.76. The number of benzene rings is 1. The Bertz CT molecular complexity index is 672. The second-order valence-corrected chi connectivity index (χ2v) is 8.91. The maximum absolute atomic E-state index is 13.4. The van der Waals surface area contributed by atoms with Crippen LogP contribution in [0.3, 0.4) is 0 Å². The minimum atomic E-state index is -0.0401. The van der Waals surface area contributed by atoms with Gasteiger partial charge in [-0.25, -0.2) is 0 Å². The van der Waals surface area contributed by atoms with E-state index in [1.54, 1.807) is 0 Å². The molecule has 4 rings (SSSR count). The van der Waals surface area contributed by atoms with Crippen molar-refractivity contribution in [3.8, 4) is 0 Å². The van der Waals surface area contributed by atoms with E-state index in [2.05, 4.69) is 9.80 Å². The normalized spacial score (nSPS) is 26.8. The van der Waals surface area contributed by atoms with E-state index in [-0.39, 0.29) is 5.92 Å². The summed E-state index contributed by atoms with van der Waals surface area (Å²) < 4.78 is 0. The zero-order chi connectivity index (χ0) is 18.1. The second kappa shape index (κ2) is 8.08. The Kier molecular flexibility index (Phi) is 5.78. The summed E-state index contributed by atoms with van der Waals surface area (Å²) in [6.45, 7) is 4.34. The number of hydrogen-bond donors (Lipinski definition) is 0. The minimum Gasteiger partial charge on any atom is -0.338 e. The predicted octanol–water partition coefficient (Wildman–Crippen LogP) is 4.89. The molecule has 2 aliphatic heterocycles. The van der Waals surface area contributed by atoms with Gasteiger partial charge >= 0.3 is 0 Å². The molecule has 1 aromatic rings. The van der Waals surface area contributed by atoms with Crippen molar-refractivity contribution in [1.82, 2.24) is 9.80 Å². The molecule has 0 N–H and O–H groups in total. The number of amides is 1. The van der Waals surface area contributed by atoms with E-state index in [1.807, 2.05) is 12.1 Å². The van der Waals surface area contributed by atoms with Gasteiger partial charge in [0.15, 0.2) is 0 Å². The lowest BCUT2D eigenvalue weighted by atomic mass is 9.95. The first-order chi connectivity index (χ1) is 12.6. The fourth-order valence-electron chi connectivity index (χ4n) is 4.98. The molecular weight excluding hydrogens is 367 g/mol. The third-order valence-corrected chi connectivity index (χ3v) is 7.11. The summed E-state index contributed by atoms with van der Waals surface area (Å²) in [5.74, 6) is 0.269. The third-order valence-electron chi connectivity index (χ3n) is 6.39. The molecule has 0 bridgehead atoms. The number of hydrogen-bond acceptors (Lipinski definition) is 2. The molecular formula is C21H28Cl2N2O. The molecule has 0 spiro atoms. The number of aryl methyl sites for hydroxylation is 1. The Morgan fingerprint density at radius 2 is 1.69 bits per heavy atom. The van der Waals surface area contributed by atoms with E-state index < -0.39 is 0 Å². The summed E-state index contributed by atoms with van der Waals surface area (Å²) in [4.78, 5) is 18.2. The van der Waals surface area contributed by atoms with Crippen LogP contribution in [-0.4, -0.2) is 47.9 Å². The summed E-state index contributed by atoms with van der Waals surface area (Å²) in [6, 6.07) is 4.26. The van der Waals surface area contributed by atoms with Crippen molar-refractivity contribution in [1.29, 1.82) is 0 Å². The number of halogens is 2. The highest BCUT2D eigenvalue weighted by molar-refractivity contribution is 6.42. The van der Waals surface area contributed by atoms with Gasteiger partial charge in [-0.05, 0) is 81.3 Å². The van der Waals surface area contributed by atoms with Crippen LogP contribution in [0.4, 0.5) is 0 Å². The van der Waals surface area contributed by atoms with Crippen molar-refractivity contribution in [2.45, 2.75) is 63.3 Å². The maximum atomic E-state index is 13.4. The lowest BCUT2D eigenvalue weighted by Crippen LogP contribution is -2.51. The van der Waals surface area contributed by atoms with Crippen molar-refractivity contribution in [2.75, 3.05) is 26.2 Å². The smallest absolute Gasteiger partial charge is 0.230 e. The Hall–Kier alpha value is -0.770. The van der Waals surface area contributed by atoms with Gasteiger partial charge in [0.2, 0.25) is 5.91 Å². The summed E-state index contributed by atoms with van der Waals surface area (Å²) >= 11 is 12.4. The Balaban J connectivity index is 1.50. The molecule has 3 nitrogen and oxygen atoms in total. The molecule has 2 fully saturated rings. The summed E-state index contributed by atoms with van der Waals surface area (Å²) in [7, 11) is 0. The standard InChI is InChI=1S/C21H28Cl2N2O/c22-19-12-15-7-8-17(18(15)13-20(19)23)21(26)25-11-5-2-6-16(25)14-24-9-3-1-4-10-24/h12-13,16-17H,1-11,14H2. The zero-order valence-corrected chi connectivity index (χ0v) is 16.9. The van der Waals surface area contributed by atoms with E-state index in [4.69, 9.17) is 23.2 Å². The number of rotatable bonds is 3. The monoisotopic (exact) mass is 394 g/mol. The largest absolute Gasteiger partial charge is 0.338 e. The Morgan fingerprint density at radius 3 is 2.50 bits per heavy atom. The molecule has 1 aromatic carbocycles. The van der Waals surface area contributed by atoms with Crippen molar-refractivity contribution >= 4 is 29.1 Å². The lowest BCUT2D eigenvalue weighted by molar-refractivity contribution is -0.137. The lowest BCUT2D eigenvalue weighted by Gasteiger charge is -2.41. The molecule has 2 unspecified atom stereocenters. The van der Waals surface area contributed by atoms with E-state index >= 15 is 0 Å². The average Bonchev–Trinajstić information content (AvgIpc) is 3.05. The molecule has 2 atom stereocenters. The predicted molar refractivity (Wildman–Crippen MR) is 107 cm³/mol. The number of carbonyl (C=O) groups excluding carboxylic acids is 1. The number of fused-ring (bicyclic) bond motifs is 1. The zero-order valence-electron chi connectivity index (χ0n) is 15.4. The quantitative estimate of drug-likeness (QED) is 0.728. The van der Waals surface area contributed by atoms with Crippen LogP contribution in [0.25, 0.3) is 0 Å². The van der Waals surface area contributed by atoms with E-state index in [0.717, 1.165) is 44.3 Å². The topological polar surface area (TPSA) is 23.6 Å². The molecule has 0 saturated carbocycles. The van der Waals surface area contributed by atoms with Crippen LogP contribution in [0.5, 0.6) is 0 Å². The van der Waals surface area contributed by atoms with Gasteiger partial charge in [-0.15, -0.1) is 0 Å². The van der Waals surface area contributed by atoms with Gasteiger partial charge in [0.25, 0.3) is 0 Å². The van der Waals surface area contributed by atoms with Crippen LogP contribution in [0.2, 0.25) is 10.0 Å². The number of carbonyl (C=O) groups is 1. The van der Waals surface area contributed by atoms with E-state index in [0.29, 0.717) is 22.0 Å². The van der Waals surface area contributed by atoms with E-state index in [1.165, 1.54) is 44.3 Å². The highest BCUT2D eigenvalue weighted by Crippen LogP contribution is 2.39. The van der Waals surface area contributed by atoms with Crippen LogP contribution in [0, 0.1) is 0 Å². The molecule has 0 radical (unpaired) electrons. The highest BCUT2D eigenvalue weighted by atomic mass is 35.5. The van der Waals surface area contributed by atoms with Crippen LogP contribution >= 0.6 is 23.2 Å². The van der Waals surface area contributed by atoms with Gasteiger partial charge in [0.1, 0.15) is 0 Å². The van der Waals surface area contributed by atoms with Crippen molar-refractivity contribution in [3.05, 3.63) is 33.3 Å². The van der Waals surface area contributed by atoms with Crippen molar-refractivity contribution < 1.29 is 4.79 Å². The van der Waals surface area contributed by atoms with Crippen molar-refractivity contribution in [2.24, 2.45) is 0 Å². The highest BCUT2D eigenvalue weighted by Gasteiger charge is 2.36. The fraction of sp³-hybridized carbons (Fsp3) is 0.667. The van der Waals surface area contributed by atoms with Gasteiger partial charge in [0.05, 0.1) is 16.0 Å². The number of nitrogens with zero attached hydrogens (tertiary/aromatic N) is 2. The summed E-state index contributed by atoms with van der Waals surface area (Å²) in [5.41, 5.74) is 2.30. The molecule has 1 aliphatic carbocycles. The van der Waals surface area contributed by atoms with Crippen LogP contribution in [0.15, 0.2) is 12.1 Å². The van der Waals surface area contributed by atoms with Crippen LogP contribution < -0.4 is 0 Å². The van der Waals surface area contributed by atoms with E-state index in [9.17, 15) is 4.79 Å².